The van der Waals surface area contributed by atoms with Crippen LogP contribution in [-0.4, -0.2) is 37.8 Å². The third kappa shape index (κ3) is 4.09. The number of benzene rings is 1. The molecule has 1 saturated heterocycles. The molecule has 0 radical (unpaired) electrons. The average molecular weight is 390 g/mol. The van der Waals surface area contributed by atoms with Crippen LogP contribution in [0.25, 0.3) is 5.65 Å². The van der Waals surface area contributed by atoms with Gasteiger partial charge in [0.1, 0.15) is 5.82 Å². The van der Waals surface area contributed by atoms with Gasteiger partial charge in [-0.2, -0.15) is 17.7 Å². The van der Waals surface area contributed by atoms with Crippen LogP contribution in [0.15, 0.2) is 36.4 Å². The van der Waals surface area contributed by atoms with Gasteiger partial charge in [-0.15, -0.1) is 15.3 Å². The molecule has 9 heteroatoms. The van der Waals surface area contributed by atoms with Crippen LogP contribution in [0.1, 0.15) is 36.2 Å². The lowest BCUT2D eigenvalue weighted by Crippen LogP contribution is -2.29. The van der Waals surface area contributed by atoms with Crippen molar-refractivity contribution < 1.29 is 13.2 Å². The van der Waals surface area contributed by atoms with E-state index in [1.807, 2.05) is 18.2 Å². The number of halogens is 3. The van der Waals surface area contributed by atoms with E-state index in [1.165, 1.54) is 30.9 Å². The van der Waals surface area contributed by atoms with Crippen molar-refractivity contribution in [2.45, 2.75) is 38.5 Å². The zero-order chi connectivity index (χ0) is 19.6. The Morgan fingerprint density at radius 2 is 1.68 bits per heavy atom. The van der Waals surface area contributed by atoms with E-state index in [0.29, 0.717) is 12.4 Å². The van der Waals surface area contributed by atoms with Gasteiger partial charge in [-0.25, -0.2) is 0 Å². The number of fused-ring (bicyclic) bond motifs is 1. The van der Waals surface area contributed by atoms with E-state index in [-0.39, 0.29) is 5.65 Å². The first-order valence-corrected chi connectivity index (χ1v) is 9.33. The van der Waals surface area contributed by atoms with E-state index in [0.717, 1.165) is 29.7 Å². The summed E-state index contributed by atoms with van der Waals surface area (Å²) in [6.45, 7) is 3.57. The fourth-order valence-electron chi connectivity index (χ4n) is 3.49. The van der Waals surface area contributed by atoms with Gasteiger partial charge in [0, 0.05) is 13.1 Å². The third-order valence-corrected chi connectivity index (χ3v) is 4.94. The predicted molar refractivity (Wildman–Crippen MR) is 98.7 cm³/mol. The molecular weight excluding hydrogens is 369 g/mol. The highest BCUT2D eigenvalue weighted by Gasteiger charge is 2.37. The number of nitrogens with zero attached hydrogens (tertiary/aromatic N) is 5. The molecule has 2 aromatic heterocycles. The van der Waals surface area contributed by atoms with E-state index >= 15 is 0 Å². The number of aromatic nitrogens is 4. The molecule has 1 aliphatic rings. The summed E-state index contributed by atoms with van der Waals surface area (Å²) in [5, 5.41) is 13.9. The van der Waals surface area contributed by atoms with Crippen LogP contribution in [0.2, 0.25) is 0 Å². The molecule has 0 aliphatic carbocycles. The molecule has 6 nitrogen and oxygen atoms in total. The zero-order valence-corrected chi connectivity index (χ0v) is 15.3. The standard InChI is InChI=1S/C19H21F3N6/c20-19(21,22)18-25-24-17-9-8-16(26-28(17)18)23-12-14-6-2-3-7-15(14)13-27-10-4-1-5-11-27/h2-3,6-9H,1,4-5,10-13H2,(H,23,26). The van der Waals surface area contributed by atoms with E-state index in [2.05, 4.69) is 31.6 Å². The predicted octanol–water partition coefficient (Wildman–Crippen LogP) is 3.74. The van der Waals surface area contributed by atoms with Gasteiger partial charge in [0.2, 0.25) is 0 Å². The molecule has 0 atom stereocenters. The van der Waals surface area contributed by atoms with Crippen molar-refractivity contribution in [3.05, 3.63) is 53.3 Å². The Balaban J connectivity index is 1.50. The van der Waals surface area contributed by atoms with Crippen LogP contribution < -0.4 is 5.32 Å². The zero-order valence-electron chi connectivity index (χ0n) is 15.3. The Morgan fingerprint density at radius 3 is 2.43 bits per heavy atom. The number of rotatable bonds is 5. The minimum atomic E-state index is -4.61. The molecule has 4 rings (SSSR count). The normalized spacial score (nSPS) is 15.8. The molecule has 0 amide bonds. The van der Waals surface area contributed by atoms with Gasteiger partial charge in [-0.1, -0.05) is 30.7 Å². The summed E-state index contributed by atoms with van der Waals surface area (Å²) in [5.74, 6) is -0.790. The molecule has 28 heavy (non-hydrogen) atoms. The maximum Gasteiger partial charge on any atom is 0.453 e. The number of hydrogen-bond donors (Lipinski definition) is 1. The largest absolute Gasteiger partial charge is 0.453 e. The highest BCUT2D eigenvalue weighted by atomic mass is 19.4. The molecule has 0 unspecified atom stereocenters. The SMILES string of the molecule is FC(F)(F)c1nnc2ccc(NCc3ccccc3CN3CCCCC3)nn12. The Hall–Kier alpha value is -2.68. The molecule has 3 aromatic rings. The fraction of sp³-hybridized carbons (Fsp3) is 0.421. The molecule has 0 spiro atoms. The first kappa shape index (κ1) is 18.7. The van der Waals surface area contributed by atoms with Crippen molar-refractivity contribution >= 4 is 11.5 Å². The summed E-state index contributed by atoms with van der Waals surface area (Å²) >= 11 is 0. The summed E-state index contributed by atoms with van der Waals surface area (Å²) in [4.78, 5) is 2.44. The molecular formula is C19H21F3N6. The van der Waals surface area contributed by atoms with Crippen LogP contribution >= 0.6 is 0 Å². The number of hydrogen-bond acceptors (Lipinski definition) is 5. The van der Waals surface area contributed by atoms with Gasteiger partial charge in [-0.3, -0.25) is 4.90 Å². The average Bonchev–Trinajstić information content (AvgIpc) is 3.12. The number of nitrogens with one attached hydrogen (secondary N) is 1. The molecule has 1 N–H and O–H groups in total. The van der Waals surface area contributed by atoms with Crippen LogP contribution in [0, 0.1) is 0 Å². The van der Waals surface area contributed by atoms with Gasteiger partial charge in [0.05, 0.1) is 0 Å². The Labute approximate surface area is 160 Å². The molecule has 1 aromatic carbocycles. The van der Waals surface area contributed by atoms with Crippen molar-refractivity contribution in [2.24, 2.45) is 0 Å². The van der Waals surface area contributed by atoms with E-state index in [9.17, 15) is 13.2 Å². The van der Waals surface area contributed by atoms with Gasteiger partial charge >= 0.3 is 6.18 Å². The number of likely N-dealkylation sites (tertiary alicyclic amines) is 1. The maximum absolute atomic E-state index is 13.0. The Bertz CT molecular complexity index is 946. The molecule has 0 saturated carbocycles. The lowest BCUT2D eigenvalue weighted by Gasteiger charge is -2.27. The van der Waals surface area contributed by atoms with Gasteiger partial charge < -0.3 is 5.32 Å². The monoisotopic (exact) mass is 390 g/mol. The smallest absolute Gasteiger partial charge is 0.365 e. The fourth-order valence-corrected chi connectivity index (χ4v) is 3.49. The quantitative estimate of drug-likeness (QED) is 0.719. The van der Waals surface area contributed by atoms with Crippen LogP contribution in [-0.2, 0) is 19.3 Å². The van der Waals surface area contributed by atoms with Crippen LogP contribution in [0.5, 0.6) is 0 Å². The summed E-state index contributed by atoms with van der Waals surface area (Å²) in [7, 11) is 0. The summed E-state index contributed by atoms with van der Waals surface area (Å²) < 4.78 is 39.8. The van der Waals surface area contributed by atoms with Crippen molar-refractivity contribution in [3.63, 3.8) is 0 Å². The second-order valence-electron chi connectivity index (χ2n) is 6.97. The highest BCUT2D eigenvalue weighted by Crippen LogP contribution is 2.27. The van der Waals surface area contributed by atoms with E-state index in [1.54, 1.807) is 6.07 Å². The van der Waals surface area contributed by atoms with E-state index in [4.69, 9.17) is 0 Å². The van der Waals surface area contributed by atoms with Crippen LogP contribution in [0.3, 0.4) is 0 Å². The maximum atomic E-state index is 13.0. The van der Waals surface area contributed by atoms with Gasteiger partial charge in [0.15, 0.2) is 5.65 Å². The van der Waals surface area contributed by atoms with Crippen molar-refractivity contribution in [1.82, 2.24) is 24.7 Å². The second-order valence-corrected chi connectivity index (χ2v) is 6.97. The Kier molecular flexibility index (Phi) is 5.17. The molecule has 148 valence electrons. The third-order valence-electron chi connectivity index (χ3n) is 4.94. The van der Waals surface area contributed by atoms with Gasteiger partial charge in [0.25, 0.3) is 5.82 Å². The van der Waals surface area contributed by atoms with E-state index < -0.39 is 12.0 Å². The lowest BCUT2D eigenvalue weighted by molar-refractivity contribution is -0.146. The minimum Gasteiger partial charge on any atom is -0.365 e. The summed E-state index contributed by atoms with van der Waals surface area (Å²) in [6.07, 6.45) is -0.862. The second kappa shape index (κ2) is 7.75. The summed E-state index contributed by atoms with van der Waals surface area (Å²) in [6, 6.07) is 11.2. The summed E-state index contributed by atoms with van der Waals surface area (Å²) in [5.41, 5.74) is 2.39. The minimum absolute atomic E-state index is 0.0587. The van der Waals surface area contributed by atoms with Crippen molar-refractivity contribution in [2.75, 3.05) is 18.4 Å². The Morgan fingerprint density at radius 1 is 0.929 bits per heavy atom. The van der Waals surface area contributed by atoms with Gasteiger partial charge in [-0.05, 0) is 49.2 Å². The van der Waals surface area contributed by atoms with Crippen molar-refractivity contribution in [3.8, 4) is 0 Å². The highest BCUT2D eigenvalue weighted by molar-refractivity contribution is 5.45. The molecule has 1 aliphatic heterocycles. The topological polar surface area (TPSA) is 58.4 Å². The number of anilines is 1. The van der Waals surface area contributed by atoms with Crippen LogP contribution in [0.4, 0.5) is 19.0 Å². The lowest BCUT2D eigenvalue weighted by atomic mass is 10.0. The molecule has 3 heterocycles. The number of alkyl halides is 3. The first-order chi connectivity index (χ1) is 13.5. The first-order valence-electron chi connectivity index (χ1n) is 9.33. The number of piperidine rings is 1. The molecule has 1 fully saturated rings. The molecule has 0 bridgehead atoms. The van der Waals surface area contributed by atoms with Crippen molar-refractivity contribution in [1.29, 1.82) is 0 Å².